The Morgan fingerprint density at radius 3 is 2.78 bits per heavy atom. The van der Waals surface area contributed by atoms with E-state index >= 15 is 0 Å². The van der Waals surface area contributed by atoms with Crippen LogP contribution in [0, 0.1) is 17.3 Å². The Morgan fingerprint density at radius 2 is 2.22 bits per heavy atom. The van der Waals surface area contributed by atoms with E-state index < -0.39 is 0 Å². The highest BCUT2D eigenvalue weighted by Crippen LogP contribution is 2.46. The van der Waals surface area contributed by atoms with Gasteiger partial charge in [-0.2, -0.15) is 0 Å². The predicted octanol–water partition coefficient (Wildman–Crippen LogP) is 1.89. The second-order valence-electron chi connectivity index (χ2n) is 5.60. The summed E-state index contributed by atoms with van der Waals surface area (Å²) in [6.45, 7) is 7.18. The molecule has 100 valence electrons. The largest absolute Gasteiger partial charge is 0.466 e. The number of nitrogens with zero attached hydrogens (tertiary/aromatic N) is 3. The molecule has 0 spiro atoms. The Bertz CT molecular complexity index is 394. The number of esters is 1. The van der Waals surface area contributed by atoms with Crippen LogP contribution < -0.4 is 0 Å². The first kappa shape index (κ1) is 13.1. The quantitative estimate of drug-likeness (QED) is 0.750. The fourth-order valence-electron chi connectivity index (χ4n) is 2.55. The summed E-state index contributed by atoms with van der Waals surface area (Å²) in [6.07, 6.45) is 5.69. The molecular weight excluding hydrogens is 230 g/mol. The first-order valence-electron chi connectivity index (χ1n) is 6.55. The van der Waals surface area contributed by atoms with Crippen molar-refractivity contribution >= 4 is 5.97 Å². The van der Waals surface area contributed by atoms with Gasteiger partial charge in [0.15, 0.2) is 0 Å². The summed E-state index contributed by atoms with van der Waals surface area (Å²) in [5.41, 5.74) is -0.366. The number of rotatable bonds is 5. The van der Waals surface area contributed by atoms with Gasteiger partial charge in [-0.3, -0.25) is 9.48 Å². The van der Waals surface area contributed by atoms with E-state index in [-0.39, 0.29) is 11.4 Å². The Morgan fingerprint density at radius 1 is 1.50 bits per heavy atom. The maximum absolute atomic E-state index is 11.9. The maximum Gasteiger partial charge on any atom is 0.311 e. The van der Waals surface area contributed by atoms with Crippen molar-refractivity contribution in [3.8, 4) is 0 Å². The van der Waals surface area contributed by atoms with Gasteiger partial charge in [0.25, 0.3) is 0 Å². The molecule has 1 aliphatic rings. The van der Waals surface area contributed by atoms with Gasteiger partial charge in [-0.05, 0) is 45.4 Å². The number of ether oxygens (including phenoxy) is 1. The molecule has 0 aromatic carbocycles. The zero-order valence-corrected chi connectivity index (χ0v) is 11.3. The van der Waals surface area contributed by atoms with Crippen LogP contribution in [0.5, 0.6) is 0 Å². The monoisotopic (exact) mass is 251 g/mol. The maximum atomic E-state index is 11.9. The lowest BCUT2D eigenvalue weighted by Gasteiger charge is -2.43. The van der Waals surface area contributed by atoms with Gasteiger partial charge in [0.2, 0.25) is 0 Å². The van der Waals surface area contributed by atoms with Crippen LogP contribution in [0.4, 0.5) is 0 Å². The van der Waals surface area contributed by atoms with Crippen LogP contribution in [-0.4, -0.2) is 27.6 Å². The summed E-state index contributed by atoms with van der Waals surface area (Å²) in [6, 6.07) is 0. The normalized spacial score (nSPS) is 23.5. The molecule has 0 radical (unpaired) electrons. The van der Waals surface area contributed by atoms with Crippen LogP contribution in [-0.2, 0) is 16.1 Å². The third-order valence-electron chi connectivity index (χ3n) is 3.98. The van der Waals surface area contributed by atoms with Crippen LogP contribution >= 0.6 is 0 Å². The summed E-state index contributed by atoms with van der Waals surface area (Å²) >= 11 is 0. The van der Waals surface area contributed by atoms with Gasteiger partial charge >= 0.3 is 5.97 Å². The molecule has 5 nitrogen and oxygen atoms in total. The minimum atomic E-state index is -0.366. The zero-order valence-electron chi connectivity index (χ0n) is 11.3. The van der Waals surface area contributed by atoms with E-state index in [1.807, 2.05) is 31.6 Å². The van der Waals surface area contributed by atoms with Crippen LogP contribution in [0.1, 0.15) is 33.6 Å². The third kappa shape index (κ3) is 2.54. The summed E-state index contributed by atoms with van der Waals surface area (Å²) in [4.78, 5) is 11.9. The van der Waals surface area contributed by atoms with Crippen molar-refractivity contribution in [1.82, 2.24) is 15.0 Å². The first-order chi connectivity index (χ1) is 8.54. The van der Waals surface area contributed by atoms with Gasteiger partial charge < -0.3 is 4.74 Å². The first-order valence-corrected chi connectivity index (χ1v) is 6.55. The van der Waals surface area contributed by atoms with Crippen LogP contribution in [0.3, 0.4) is 0 Å². The molecule has 1 aromatic heterocycles. The van der Waals surface area contributed by atoms with Gasteiger partial charge in [-0.25, -0.2) is 0 Å². The lowest BCUT2D eigenvalue weighted by Crippen LogP contribution is -2.43. The van der Waals surface area contributed by atoms with Crippen molar-refractivity contribution in [1.29, 1.82) is 0 Å². The topological polar surface area (TPSA) is 57.0 Å². The van der Waals surface area contributed by atoms with Crippen LogP contribution in [0.25, 0.3) is 0 Å². The molecule has 0 aliphatic heterocycles. The fraction of sp³-hybridized carbons (Fsp3) is 0.769. The van der Waals surface area contributed by atoms with Gasteiger partial charge in [-0.1, -0.05) is 5.21 Å². The Labute approximate surface area is 108 Å². The Hall–Kier alpha value is -1.39. The molecule has 1 saturated carbocycles. The SMILES string of the molecule is CCOC(=O)C(C)(C)C1CC(Cn2ccnn2)C1. The van der Waals surface area contributed by atoms with E-state index in [4.69, 9.17) is 4.74 Å². The van der Waals surface area contributed by atoms with Crippen molar-refractivity contribution in [2.75, 3.05) is 6.61 Å². The fourth-order valence-corrected chi connectivity index (χ4v) is 2.55. The van der Waals surface area contributed by atoms with Crippen LogP contribution in [0.15, 0.2) is 12.4 Å². The lowest BCUT2D eigenvalue weighted by molar-refractivity contribution is -0.160. The van der Waals surface area contributed by atoms with E-state index in [1.54, 1.807) is 6.20 Å². The third-order valence-corrected chi connectivity index (χ3v) is 3.98. The second-order valence-corrected chi connectivity index (χ2v) is 5.60. The minimum absolute atomic E-state index is 0.0748. The molecule has 0 amide bonds. The molecular formula is C13H21N3O2. The molecule has 1 aliphatic carbocycles. The van der Waals surface area contributed by atoms with Gasteiger partial charge in [0.05, 0.1) is 18.2 Å². The van der Waals surface area contributed by atoms with Crippen molar-refractivity contribution < 1.29 is 9.53 Å². The molecule has 0 N–H and O–H groups in total. The molecule has 0 saturated heterocycles. The highest BCUT2D eigenvalue weighted by molar-refractivity contribution is 5.76. The van der Waals surface area contributed by atoms with Crippen molar-refractivity contribution in [3.05, 3.63) is 12.4 Å². The van der Waals surface area contributed by atoms with E-state index in [1.165, 1.54) is 0 Å². The highest BCUT2D eigenvalue weighted by Gasteiger charge is 2.45. The minimum Gasteiger partial charge on any atom is -0.466 e. The van der Waals surface area contributed by atoms with Gasteiger partial charge in [-0.15, -0.1) is 5.10 Å². The molecule has 1 heterocycles. The van der Waals surface area contributed by atoms with Crippen molar-refractivity contribution in [3.63, 3.8) is 0 Å². The summed E-state index contributed by atoms with van der Waals surface area (Å²) in [5, 5.41) is 7.76. The van der Waals surface area contributed by atoms with E-state index in [9.17, 15) is 4.79 Å². The molecule has 18 heavy (non-hydrogen) atoms. The van der Waals surface area contributed by atoms with Crippen molar-refractivity contribution in [2.24, 2.45) is 17.3 Å². The molecule has 1 fully saturated rings. The van der Waals surface area contributed by atoms with Gasteiger partial charge in [0.1, 0.15) is 0 Å². The summed E-state index contributed by atoms with van der Waals surface area (Å²) in [5.74, 6) is 0.949. The lowest BCUT2D eigenvalue weighted by atomic mass is 9.62. The summed E-state index contributed by atoms with van der Waals surface area (Å²) in [7, 11) is 0. The van der Waals surface area contributed by atoms with E-state index in [2.05, 4.69) is 10.3 Å². The number of hydrogen-bond acceptors (Lipinski definition) is 4. The molecule has 0 unspecified atom stereocenters. The van der Waals surface area contributed by atoms with Crippen molar-refractivity contribution in [2.45, 2.75) is 40.2 Å². The molecule has 0 atom stereocenters. The second kappa shape index (κ2) is 5.08. The smallest absolute Gasteiger partial charge is 0.311 e. The number of hydrogen-bond donors (Lipinski definition) is 0. The van der Waals surface area contributed by atoms with Gasteiger partial charge in [0, 0.05) is 12.7 Å². The Kier molecular flexibility index (Phi) is 3.68. The average molecular weight is 251 g/mol. The average Bonchev–Trinajstić information content (AvgIpc) is 2.75. The molecule has 5 heteroatoms. The highest BCUT2D eigenvalue weighted by atomic mass is 16.5. The predicted molar refractivity (Wildman–Crippen MR) is 66.7 cm³/mol. The van der Waals surface area contributed by atoms with E-state index in [0.717, 1.165) is 19.4 Å². The summed E-state index contributed by atoms with van der Waals surface area (Å²) < 4.78 is 7.00. The standard InChI is InChI=1S/C13H21N3O2/c1-4-18-12(17)13(2,3)11-7-10(8-11)9-16-6-5-14-15-16/h5-6,10-11H,4,7-9H2,1-3H3. The zero-order chi connectivity index (χ0) is 13.2. The molecule has 0 bridgehead atoms. The van der Waals surface area contributed by atoms with Crippen LogP contribution in [0.2, 0.25) is 0 Å². The number of carbonyl (C=O) groups is 1. The molecule has 2 rings (SSSR count). The molecule has 1 aromatic rings. The Balaban J connectivity index is 1.82. The number of aromatic nitrogens is 3. The number of carbonyl (C=O) groups excluding carboxylic acids is 1. The van der Waals surface area contributed by atoms with E-state index in [0.29, 0.717) is 18.4 Å².